The minimum Gasteiger partial charge on any atom is -0.508 e. The maximum Gasteiger partial charge on any atom is 0.127 e. The molecule has 0 radical (unpaired) electrons. The lowest BCUT2D eigenvalue weighted by atomic mass is 9.66. The van der Waals surface area contributed by atoms with Gasteiger partial charge in [-0.3, -0.25) is 0 Å². The smallest absolute Gasteiger partial charge is 0.127 e. The van der Waals surface area contributed by atoms with Gasteiger partial charge in [0.15, 0.2) is 0 Å². The number of phenols is 1. The van der Waals surface area contributed by atoms with Gasteiger partial charge in [-0.15, -0.1) is 0 Å². The average Bonchev–Trinajstić information content (AvgIpc) is 2.57. The lowest BCUT2D eigenvalue weighted by Crippen LogP contribution is -2.45. The van der Waals surface area contributed by atoms with Gasteiger partial charge in [0, 0.05) is 23.5 Å². The zero-order valence-electron chi connectivity index (χ0n) is 17.2. The number of rotatable bonds is 4. The Kier molecular flexibility index (Phi) is 5.12. The van der Waals surface area contributed by atoms with Crippen LogP contribution in [-0.2, 0) is 5.41 Å². The fraction of sp³-hybridized carbons (Fsp3) is 0.542. The molecule has 3 nitrogen and oxygen atoms in total. The second-order valence-corrected chi connectivity index (χ2v) is 9.27. The fourth-order valence-electron chi connectivity index (χ4n) is 4.68. The third-order valence-corrected chi connectivity index (χ3v) is 6.41. The van der Waals surface area contributed by atoms with Gasteiger partial charge >= 0.3 is 0 Å². The number of allylic oxidation sites excluding steroid dienone is 4. The highest BCUT2D eigenvalue weighted by atomic mass is 16.5. The molecule has 0 aromatic heterocycles. The summed E-state index contributed by atoms with van der Waals surface area (Å²) < 4.78 is 6.44. The molecule has 1 N–H and O–H groups in total. The first-order chi connectivity index (χ1) is 12.7. The molecule has 2 aliphatic rings. The van der Waals surface area contributed by atoms with E-state index in [2.05, 4.69) is 46.8 Å². The highest BCUT2D eigenvalue weighted by molar-refractivity contribution is 5.54. The second kappa shape index (κ2) is 7.08. The van der Waals surface area contributed by atoms with Crippen molar-refractivity contribution < 1.29 is 9.84 Å². The van der Waals surface area contributed by atoms with Crippen molar-refractivity contribution >= 4 is 0 Å². The Hall–Kier alpha value is -2.21. The summed E-state index contributed by atoms with van der Waals surface area (Å²) >= 11 is 0. The molecule has 1 aromatic carbocycles. The van der Waals surface area contributed by atoms with Crippen LogP contribution in [0.4, 0.5) is 0 Å². The quantitative estimate of drug-likeness (QED) is 0.515. The normalized spacial score (nSPS) is 23.8. The van der Waals surface area contributed by atoms with E-state index in [1.807, 2.05) is 18.2 Å². The Bertz CT molecular complexity index is 824. The summed E-state index contributed by atoms with van der Waals surface area (Å²) in [5, 5.41) is 19.6. The molecular formula is C24H31NO2. The van der Waals surface area contributed by atoms with Gasteiger partial charge in [-0.25, -0.2) is 0 Å². The Morgan fingerprint density at radius 3 is 2.81 bits per heavy atom. The molecule has 0 amide bonds. The zero-order valence-corrected chi connectivity index (χ0v) is 17.2. The number of nitriles is 1. The van der Waals surface area contributed by atoms with E-state index in [-0.39, 0.29) is 11.0 Å². The number of hydrogen-bond donors (Lipinski definition) is 1. The number of aromatic hydroxyl groups is 1. The molecule has 1 aromatic rings. The number of benzene rings is 1. The van der Waals surface area contributed by atoms with Crippen LogP contribution in [0.2, 0.25) is 0 Å². The third kappa shape index (κ3) is 3.76. The molecule has 1 unspecified atom stereocenters. The predicted molar refractivity (Wildman–Crippen MR) is 109 cm³/mol. The standard InChI is InChI=1S/C24H31NO2/c1-16-9-10-19-18(13-16)22-20(26)14-17(15-21(22)27-24(19,4)5)23(2,3)11-7-6-8-12-25/h6,8-9,14-15,18-19,26H,7,10-11,13H2,1-5H3/b8-6+/t18-,19?/m1/s1. The highest BCUT2D eigenvalue weighted by Crippen LogP contribution is 2.54. The van der Waals surface area contributed by atoms with Crippen molar-refractivity contribution in [3.63, 3.8) is 0 Å². The largest absolute Gasteiger partial charge is 0.508 e. The van der Waals surface area contributed by atoms with Crippen molar-refractivity contribution in [1.82, 2.24) is 0 Å². The average molecular weight is 366 g/mol. The molecule has 1 aliphatic carbocycles. The van der Waals surface area contributed by atoms with Crippen molar-refractivity contribution in [2.24, 2.45) is 5.92 Å². The monoisotopic (exact) mass is 365 g/mol. The molecule has 2 atom stereocenters. The first-order valence-corrected chi connectivity index (χ1v) is 9.92. The third-order valence-electron chi connectivity index (χ3n) is 6.41. The van der Waals surface area contributed by atoms with Crippen LogP contribution in [0.1, 0.15) is 77.3 Å². The van der Waals surface area contributed by atoms with Gasteiger partial charge in [-0.2, -0.15) is 5.26 Å². The lowest BCUT2D eigenvalue weighted by molar-refractivity contribution is 0.00742. The van der Waals surface area contributed by atoms with Gasteiger partial charge in [-0.05, 0) is 69.6 Å². The maximum absolute atomic E-state index is 10.9. The van der Waals surface area contributed by atoms with Crippen LogP contribution in [0, 0.1) is 17.2 Å². The summed E-state index contributed by atoms with van der Waals surface area (Å²) in [4.78, 5) is 0. The molecule has 0 fully saturated rings. The van der Waals surface area contributed by atoms with Gasteiger partial charge < -0.3 is 9.84 Å². The van der Waals surface area contributed by atoms with Crippen molar-refractivity contribution in [3.05, 3.63) is 47.1 Å². The van der Waals surface area contributed by atoms with E-state index in [4.69, 9.17) is 10.00 Å². The first-order valence-electron chi connectivity index (χ1n) is 9.92. The summed E-state index contributed by atoms with van der Waals surface area (Å²) in [7, 11) is 0. The number of nitrogens with zero attached hydrogens (tertiary/aromatic N) is 1. The molecule has 144 valence electrons. The fourth-order valence-corrected chi connectivity index (χ4v) is 4.68. The summed E-state index contributed by atoms with van der Waals surface area (Å²) in [5.41, 5.74) is 3.10. The number of hydrogen-bond acceptors (Lipinski definition) is 3. The summed E-state index contributed by atoms with van der Waals surface area (Å²) in [6, 6.07) is 6.10. The van der Waals surface area contributed by atoms with Crippen molar-refractivity contribution in [1.29, 1.82) is 5.26 Å². The molecule has 0 saturated carbocycles. The second-order valence-electron chi connectivity index (χ2n) is 9.27. The van der Waals surface area contributed by atoms with Gasteiger partial charge in [0.2, 0.25) is 0 Å². The van der Waals surface area contributed by atoms with Crippen molar-refractivity contribution in [3.8, 4) is 17.6 Å². The van der Waals surface area contributed by atoms with Crippen LogP contribution in [0.25, 0.3) is 0 Å². The molecule has 0 spiro atoms. The molecule has 0 saturated heterocycles. The Morgan fingerprint density at radius 1 is 1.37 bits per heavy atom. The summed E-state index contributed by atoms with van der Waals surface area (Å²) in [5.74, 6) is 1.90. The van der Waals surface area contributed by atoms with E-state index in [1.165, 1.54) is 11.6 Å². The molecular weight excluding hydrogens is 334 g/mol. The van der Waals surface area contributed by atoms with Crippen LogP contribution >= 0.6 is 0 Å². The van der Waals surface area contributed by atoms with E-state index < -0.39 is 0 Å². The molecule has 3 rings (SSSR count). The van der Waals surface area contributed by atoms with Crippen molar-refractivity contribution in [2.45, 2.75) is 77.2 Å². The van der Waals surface area contributed by atoms with Gasteiger partial charge in [-0.1, -0.05) is 31.6 Å². The first kappa shape index (κ1) is 19.5. The van der Waals surface area contributed by atoms with Crippen LogP contribution in [-0.4, -0.2) is 10.7 Å². The highest BCUT2D eigenvalue weighted by Gasteiger charge is 2.46. The summed E-state index contributed by atoms with van der Waals surface area (Å²) in [6.07, 6.45) is 9.48. The number of fused-ring (bicyclic) bond motifs is 3. The van der Waals surface area contributed by atoms with Gasteiger partial charge in [0.25, 0.3) is 0 Å². The van der Waals surface area contributed by atoms with Crippen LogP contribution in [0.3, 0.4) is 0 Å². The van der Waals surface area contributed by atoms with Crippen LogP contribution in [0.15, 0.2) is 35.9 Å². The molecule has 1 aliphatic heterocycles. The maximum atomic E-state index is 10.9. The lowest BCUT2D eigenvalue weighted by Gasteiger charge is -2.47. The van der Waals surface area contributed by atoms with Crippen LogP contribution in [0.5, 0.6) is 11.5 Å². The van der Waals surface area contributed by atoms with Crippen LogP contribution < -0.4 is 4.74 Å². The molecule has 1 heterocycles. The zero-order chi connectivity index (χ0) is 19.8. The van der Waals surface area contributed by atoms with Crippen molar-refractivity contribution in [2.75, 3.05) is 0 Å². The molecule has 3 heteroatoms. The van der Waals surface area contributed by atoms with E-state index in [0.717, 1.165) is 42.6 Å². The number of ether oxygens (including phenoxy) is 1. The Labute approximate surface area is 163 Å². The predicted octanol–water partition coefficient (Wildman–Crippen LogP) is 6.14. The topological polar surface area (TPSA) is 53.2 Å². The van der Waals surface area contributed by atoms with Gasteiger partial charge in [0.05, 0.1) is 6.07 Å². The van der Waals surface area contributed by atoms with Gasteiger partial charge in [0.1, 0.15) is 17.1 Å². The molecule has 27 heavy (non-hydrogen) atoms. The minimum atomic E-state index is -0.250. The van der Waals surface area contributed by atoms with E-state index >= 15 is 0 Å². The Balaban J connectivity index is 1.98. The Morgan fingerprint density at radius 2 is 2.11 bits per heavy atom. The number of phenolic OH excluding ortho intramolecular Hbond substituents is 1. The van der Waals surface area contributed by atoms with E-state index in [1.54, 1.807) is 0 Å². The van der Waals surface area contributed by atoms with E-state index in [9.17, 15) is 5.11 Å². The summed E-state index contributed by atoms with van der Waals surface area (Å²) in [6.45, 7) is 10.9. The molecule has 0 bridgehead atoms. The minimum absolute atomic E-state index is 0.112. The van der Waals surface area contributed by atoms with E-state index in [0.29, 0.717) is 17.6 Å². The SMILES string of the molecule is CC1=CCC2[C@@H](C1)c1c(O)cc(C(C)(C)CC/C=C/C#N)cc1OC2(C)C.